The number of hydrogen-bond donors (Lipinski definition) is 3. The number of alkyl carbamates (subject to hydrolysis) is 1. The fraction of sp³-hybridized carbons (Fsp3) is 0.857. The van der Waals surface area contributed by atoms with Gasteiger partial charge in [-0.05, 0) is 13.8 Å². The summed E-state index contributed by atoms with van der Waals surface area (Å²) in [6, 6.07) is -0.108. The first-order chi connectivity index (χ1) is 5.60. The van der Waals surface area contributed by atoms with E-state index in [1.807, 2.05) is 0 Å². The van der Waals surface area contributed by atoms with Crippen molar-refractivity contribution < 1.29 is 14.6 Å². The van der Waals surface area contributed by atoms with Gasteiger partial charge in [-0.3, -0.25) is 0 Å². The van der Waals surface area contributed by atoms with Crippen molar-refractivity contribution >= 4 is 6.09 Å². The molecule has 1 amide bonds. The number of carbonyl (C=O) groups is 1. The van der Waals surface area contributed by atoms with E-state index in [-0.39, 0.29) is 12.6 Å². The minimum Gasteiger partial charge on any atom is -0.444 e. The minimum absolute atomic E-state index is 0.108. The summed E-state index contributed by atoms with van der Waals surface area (Å²) in [7, 11) is 0. The van der Waals surface area contributed by atoms with Crippen molar-refractivity contribution in [3.63, 3.8) is 0 Å². The Hall–Kier alpha value is -0.810. The summed E-state index contributed by atoms with van der Waals surface area (Å²) in [5.41, 5.74) is 5.26. The molecule has 0 saturated heterocycles. The molecule has 2 atom stereocenters. The van der Waals surface area contributed by atoms with Gasteiger partial charge < -0.3 is 20.9 Å². The Kier molecular flexibility index (Phi) is 5.40. The number of amides is 1. The zero-order chi connectivity index (χ0) is 9.56. The van der Waals surface area contributed by atoms with Crippen molar-refractivity contribution in [3.05, 3.63) is 0 Å². The fourth-order valence-corrected chi connectivity index (χ4v) is 0.514. The third kappa shape index (κ3) is 4.92. The largest absolute Gasteiger partial charge is 0.444 e. The quantitative estimate of drug-likeness (QED) is 0.536. The van der Waals surface area contributed by atoms with Gasteiger partial charge in [-0.25, -0.2) is 4.79 Å². The molecule has 0 saturated carbocycles. The highest BCUT2D eigenvalue weighted by atomic mass is 16.6. The van der Waals surface area contributed by atoms with Gasteiger partial charge in [0.05, 0.1) is 6.61 Å². The second kappa shape index (κ2) is 5.79. The van der Waals surface area contributed by atoms with Gasteiger partial charge in [0.2, 0.25) is 0 Å². The van der Waals surface area contributed by atoms with E-state index in [4.69, 9.17) is 15.6 Å². The lowest BCUT2D eigenvalue weighted by Gasteiger charge is -2.14. The average molecular weight is 176 g/mol. The molecule has 5 heteroatoms. The van der Waals surface area contributed by atoms with Crippen LogP contribution in [0.2, 0.25) is 0 Å². The molecule has 0 radical (unpaired) electrons. The van der Waals surface area contributed by atoms with Crippen LogP contribution in [0.5, 0.6) is 0 Å². The van der Waals surface area contributed by atoms with Crippen molar-refractivity contribution in [2.24, 2.45) is 5.73 Å². The summed E-state index contributed by atoms with van der Waals surface area (Å²) >= 11 is 0. The van der Waals surface area contributed by atoms with Crippen molar-refractivity contribution in [2.45, 2.75) is 26.0 Å². The van der Waals surface area contributed by atoms with Gasteiger partial charge in [0.1, 0.15) is 6.10 Å². The lowest BCUT2D eigenvalue weighted by Crippen LogP contribution is -2.39. The van der Waals surface area contributed by atoms with Crippen LogP contribution >= 0.6 is 0 Å². The van der Waals surface area contributed by atoms with Crippen molar-refractivity contribution in [1.82, 2.24) is 5.32 Å². The molecule has 0 bridgehead atoms. The molecule has 72 valence electrons. The van der Waals surface area contributed by atoms with E-state index in [0.29, 0.717) is 6.54 Å². The Bertz CT molecular complexity index is 127. The fourth-order valence-electron chi connectivity index (χ4n) is 0.514. The van der Waals surface area contributed by atoms with Gasteiger partial charge in [-0.15, -0.1) is 0 Å². The summed E-state index contributed by atoms with van der Waals surface area (Å²) in [6.45, 7) is 3.56. The zero-order valence-corrected chi connectivity index (χ0v) is 7.41. The van der Waals surface area contributed by atoms with Crippen LogP contribution in [0.15, 0.2) is 0 Å². The number of nitrogens with two attached hydrogens (primary N) is 1. The Morgan fingerprint density at radius 1 is 1.67 bits per heavy atom. The van der Waals surface area contributed by atoms with Crippen molar-refractivity contribution in [1.29, 1.82) is 0 Å². The number of aliphatic hydroxyl groups is 1. The van der Waals surface area contributed by atoms with Gasteiger partial charge in [0, 0.05) is 12.6 Å². The van der Waals surface area contributed by atoms with Gasteiger partial charge in [-0.2, -0.15) is 0 Å². The van der Waals surface area contributed by atoms with Gasteiger partial charge >= 0.3 is 6.09 Å². The van der Waals surface area contributed by atoms with E-state index in [1.165, 1.54) is 0 Å². The molecule has 0 fully saturated rings. The van der Waals surface area contributed by atoms with Crippen molar-refractivity contribution in [3.8, 4) is 0 Å². The zero-order valence-electron chi connectivity index (χ0n) is 7.41. The summed E-state index contributed by atoms with van der Waals surface area (Å²) in [5, 5.41) is 11.0. The molecule has 4 N–H and O–H groups in total. The first-order valence-corrected chi connectivity index (χ1v) is 3.88. The van der Waals surface area contributed by atoms with E-state index >= 15 is 0 Å². The van der Waals surface area contributed by atoms with Crippen LogP contribution in [-0.2, 0) is 4.74 Å². The van der Waals surface area contributed by atoms with Crippen LogP contribution in [0.3, 0.4) is 0 Å². The molecule has 0 aromatic rings. The molecule has 0 rings (SSSR count). The third-order valence-corrected chi connectivity index (χ3v) is 1.28. The van der Waals surface area contributed by atoms with Crippen LogP contribution in [0.1, 0.15) is 13.8 Å². The first kappa shape index (κ1) is 11.2. The van der Waals surface area contributed by atoms with Gasteiger partial charge in [0.15, 0.2) is 0 Å². The Morgan fingerprint density at radius 2 is 2.25 bits per heavy atom. The summed E-state index contributed by atoms with van der Waals surface area (Å²) in [6.07, 6.45) is -1.02. The number of ether oxygens (including phenoxy) is 1. The second-order valence-electron chi connectivity index (χ2n) is 2.68. The molecular weight excluding hydrogens is 160 g/mol. The van der Waals surface area contributed by atoms with Crippen LogP contribution in [0.4, 0.5) is 4.79 Å². The highest BCUT2D eigenvalue weighted by Crippen LogP contribution is 1.90. The van der Waals surface area contributed by atoms with E-state index in [9.17, 15) is 4.79 Å². The second-order valence-corrected chi connectivity index (χ2v) is 2.68. The number of nitrogens with one attached hydrogen (secondary N) is 1. The maximum atomic E-state index is 10.9. The summed E-state index contributed by atoms with van der Waals surface area (Å²) < 4.78 is 4.72. The molecule has 0 aliphatic heterocycles. The topological polar surface area (TPSA) is 84.6 Å². The van der Waals surface area contributed by atoms with Crippen LogP contribution < -0.4 is 11.1 Å². The first-order valence-electron chi connectivity index (χ1n) is 3.88. The number of hydrogen-bond acceptors (Lipinski definition) is 4. The average Bonchev–Trinajstić information content (AvgIpc) is 2.03. The predicted octanol–water partition coefficient (Wildman–Crippen LogP) is -0.559. The smallest absolute Gasteiger partial charge is 0.407 e. The lowest BCUT2D eigenvalue weighted by molar-refractivity contribution is 0.0665. The minimum atomic E-state index is -0.547. The maximum Gasteiger partial charge on any atom is 0.407 e. The number of rotatable bonds is 4. The molecular formula is C7H16N2O3. The van der Waals surface area contributed by atoms with E-state index in [2.05, 4.69) is 5.32 Å². The Balaban J connectivity index is 3.59. The lowest BCUT2D eigenvalue weighted by atomic mass is 10.3. The molecule has 2 unspecified atom stereocenters. The highest BCUT2D eigenvalue weighted by Gasteiger charge is 2.09. The highest BCUT2D eigenvalue weighted by molar-refractivity contribution is 5.67. The predicted molar refractivity (Wildman–Crippen MR) is 44.7 cm³/mol. The molecule has 0 aromatic carbocycles. The van der Waals surface area contributed by atoms with Crippen LogP contribution in [0, 0.1) is 0 Å². The normalized spacial score (nSPS) is 15.0. The maximum absolute atomic E-state index is 10.9. The Labute approximate surface area is 71.9 Å². The molecule has 0 aliphatic rings. The molecule has 5 nitrogen and oxygen atoms in total. The van der Waals surface area contributed by atoms with E-state index < -0.39 is 12.2 Å². The molecule has 0 heterocycles. The van der Waals surface area contributed by atoms with Crippen LogP contribution in [0.25, 0.3) is 0 Å². The summed E-state index contributed by atoms with van der Waals surface area (Å²) in [5.74, 6) is 0. The molecule has 0 aliphatic carbocycles. The van der Waals surface area contributed by atoms with E-state index in [1.54, 1.807) is 13.8 Å². The van der Waals surface area contributed by atoms with Gasteiger partial charge in [0.25, 0.3) is 0 Å². The standard InChI is InChI=1S/C7H16N2O3/c1-5(3-8)9-7(11)12-6(2)4-10/h5-6,10H,3-4,8H2,1-2H3,(H,9,11). The van der Waals surface area contributed by atoms with Crippen molar-refractivity contribution in [2.75, 3.05) is 13.2 Å². The van der Waals surface area contributed by atoms with Crippen LogP contribution in [-0.4, -0.2) is 36.5 Å². The van der Waals surface area contributed by atoms with E-state index in [0.717, 1.165) is 0 Å². The monoisotopic (exact) mass is 176 g/mol. The van der Waals surface area contributed by atoms with Gasteiger partial charge in [-0.1, -0.05) is 0 Å². The molecule has 0 aromatic heterocycles. The third-order valence-electron chi connectivity index (χ3n) is 1.28. The molecule has 12 heavy (non-hydrogen) atoms. The Morgan fingerprint density at radius 3 is 2.67 bits per heavy atom. The molecule has 0 spiro atoms. The SMILES string of the molecule is CC(CN)NC(=O)OC(C)CO. The summed E-state index contributed by atoms with van der Waals surface area (Å²) in [4.78, 5) is 10.9. The number of carbonyl (C=O) groups excluding carboxylic acids is 1. The number of aliphatic hydroxyl groups excluding tert-OH is 1.